The van der Waals surface area contributed by atoms with Gasteiger partial charge in [0.25, 0.3) is 0 Å². The first-order chi connectivity index (χ1) is 5.72. The van der Waals surface area contributed by atoms with Crippen molar-refractivity contribution in [2.75, 3.05) is 7.11 Å². The van der Waals surface area contributed by atoms with Crippen LogP contribution in [0.1, 0.15) is 11.3 Å². The molecular weight excluding hydrogens is 150 g/mol. The fourth-order valence-electron chi connectivity index (χ4n) is 0.877. The second kappa shape index (κ2) is 3.90. The van der Waals surface area contributed by atoms with E-state index in [0.717, 1.165) is 11.5 Å². The summed E-state index contributed by atoms with van der Waals surface area (Å²) >= 11 is 0. The van der Waals surface area contributed by atoms with Gasteiger partial charge >= 0.3 is 0 Å². The van der Waals surface area contributed by atoms with Crippen molar-refractivity contribution in [1.29, 1.82) is 0 Å². The highest BCUT2D eigenvalue weighted by atomic mass is 16.5. The fourth-order valence-corrected chi connectivity index (χ4v) is 0.877. The Balaban J connectivity index is 2.64. The predicted molar refractivity (Wildman–Crippen MR) is 48.8 cm³/mol. The molecule has 0 aliphatic carbocycles. The maximum Gasteiger partial charge on any atom is 0.0943 e. The number of rotatable bonds is 3. The Kier molecular flexibility index (Phi) is 2.86. The van der Waals surface area contributed by atoms with Crippen molar-refractivity contribution in [3.8, 4) is 0 Å². The molecule has 1 aromatic heterocycles. The van der Waals surface area contributed by atoms with Gasteiger partial charge in [0.05, 0.1) is 12.9 Å². The molecule has 0 atom stereocenters. The third-order valence-electron chi connectivity index (χ3n) is 1.64. The molecule has 12 heavy (non-hydrogen) atoms. The van der Waals surface area contributed by atoms with E-state index in [1.807, 2.05) is 25.3 Å². The highest BCUT2D eigenvalue weighted by Gasteiger charge is 1.96. The molecule has 1 rings (SSSR count). The topological polar surface area (TPSA) is 22.1 Å². The van der Waals surface area contributed by atoms with Crippen molar-refractivity contribution in [1.82, 2.24) is 4.98 Å². The number of allylic oxidation sites excluding steroid dienone is 1. The first kappa shape index (κ1) is 8.78. The number of methoxy groups -OCH3 is 1. The minimum atomic E-state index is 0.691. The SMILES string of the molecule is C=C(Cc1ccc(C)cn1)OC. The summed E-state index contributed by atoms with van der Waals surface area (Å²) in [6.07, 6.45) is 2.54. The standard InChI is InChI=1S/C10H13NO/c1-8-4-5-10(11-7-8)6-9(2)12-3/h4-5,7H,2,6H2,1,3H3. The van der Waals surface area contributed by atoms with E-state index in [9.17, 15) is 0 Å². The van der Waals surface area contributed by atoms with Gasteiger partial charge in [0, 0.05) is 18.3 Å². The first-order valence-electron chi connectivity index (χ1n) is 3.85. The van der Waals surface area contributed by atoms with Gasteiger partial charge in [0.15, 0.2) is 0 Å². The summed E-state index contributed by atoms with van der Waals surface area (Å²) in [6.45, 7) is 5.74. The maximum atomic E-state index is 4.95. The molecule has 0 bridgehead atoms. The number of pyridine rings is 1. The lowest BCUT2D eigenvalue weighted by molar-refractivity contribution is 0.284. The van der Waals surface area contributed by atoms with Gasteiger partial charge in [-0.2, -0.15) is 0 Å². The van der Waals surface area contributed by atoms with E-state index in [2.05, 4.69) is 11.6 Å². The number of aromatic nitrogens is 1. The van der Waals surface area contributed by atoms with Crippen molar-refractivity contribution in [2.45, 2.75) is 13.3 Å². The summed E-state index contributed by atoms with van der Waals surface area (Å²) < 4.78 is 4.95. The number of hydrogen-bond donors (Lipinski definition) is 0. The lowest BCUT2D eigenvalue weighted by Gasteiger charge is -2.02. The van der Waals surface area contributed by atoms with Crippen LogP contribution in [0.4, 0.5) is 0 Å². The molecule has 0 amide bonds. The Labute approximate surface area is 72.9 Å². The molecule has 0 radical (unpaired) electrons. The third kappa shape index (κ3) is 2.38. The molecule has 0 saturated heterocycles. The van der Waals surface area contributed by atoms with Crippen LogP contribution in [0.2, 0.25) is 0 Å². The van der Waals surface area contributed by atoms with Crippen LogP contribution in [-0.2, 0) is 11.2 Å². The monoisotopic (exact) mass is 163 g/mol. The Morgan fingerprint density at radius 2 is 2.33 bits per heavy atom. The summed E-state index contributed by atoms with van der Waals surface area (Å²) in [7, 11) is 1.62. The molecule has 0 unspecified atom stereocenters. The van der Waals surface area contributed by atoms with Crippen molar-refractivity contribution < 1.29 is 4.74 Å². The van der Waals surface area contributed by atoms with Gasteiger partial charge in [0.2, 0.25) is 0 Å². The van der Waals surface area contributed by atoms with Crippen molar-refractivity contribution in [3.05, 3.63) is 41.9 Å². The molecular formula is C10H13NO. The number of ether oxygens (including phenoxy) is 1. The van der Waals surface area contributed by atoms with Gasteiger partial charge in [-0.15, -0.1) is 0 Å². The minimum Gasteiger partial charge on any atom is -0.501 e. The van der Waals surface area contributed by atoms with E-state index < -0.39 is 0 Å². The van der Waals surface area contributed by atoms with E-state index >= 15 is 0 Å². The van der Waals surface area contributed by atoms with Gasteiger partial charge in [-0.25, -0.2) is 0 Å². The van der Waals surface area contributed by atoms with Crippen LogP contribution in [-0.4, -0.2) is 12.1 Å². The van der Waals surface area contributed by atoms with Crippen LogP contribution in [0.5, 0.6) is 0 Å². The highest BCUT2D eigenvalue weighted by molar-refractivity contribution is 5.15. The third-order valence-corrected chi connectivity index (χ3v) is 1.64. The minimum absolute atomic E-state index is 0.691. The van der Waals surface area contributed by atoms with Crippen molar-refractivity contribution in [3.63, 3.8) is 0 Å². The maximum absolute atomic E-state index is 4.95. The van der Waals surface area contributed by atoms with Crippen LogP contribution in [0.3, 0.4) is 0 Å². The van der Waals surface area contributed by atoms with Crippen LogP contribution in [0.25, 0.3) is 0 Å². The summed E-state index contributed by atoms with van der Waals surface area (Å²) in [6, 6.07) is 4.02. The fraction of sp³-hybridized carbons (Fsp3) is 0.300. The zero-order valence-corrected chi connectivity index (χ0v) is 7.50. The Bertz CT molecular complexity index is 264. The number of hydrogen-bond acceptors (Lipinski definition) is 2. The molecule has 0 aliphatic rings. The summed E-state index contributed by atoms with van der Waals surface area (Å²) in [5.74, 6) is 0.742. The second-order valence-electron chi connectivity index (χ2n) is 2.75. The average Bonchev–Trinajstić information content (AvgIpc) is 2.09. The molecule has 0 aliphatic heterocycles. The Morgan fingerprint density at radius 1 is 1.58 bits per heavy atom. The van der Waals surface area contributed by atoms with Gasteiger partial charge < -0.3 is 4.74 Å². The molecule has 1 heterocycles. The molecule has 1 aromatic rings. The molecule has 0 aromatic carbocycles. The zero-order valence-electron chi connectivity index (χ0n) is 7.50. The van der Waals surface area contributed by atoms with Crippen LogP contribution in [0, 0.1) is 6.92 Å². The van der Waals surface area contributed by atoms with E-state index in [1.165, 1.54) is 5.56 Å². The predicted octanol–water partition coefficient (Wildman–Crippen LogP) is 2.09. The van der Waals surface area contributed by atoms with Crippen molar-refractivity contribution in [2.24, 2.45) is 0 Å². The average molecular weight is 163 g/mol. The Morgan fingerprint density at radius 3 is 2.83 bits per heavy atom. The molecule has 0 fully saturated rings. The first-order valence-corrected chi connectivity index (χ1v) is 3.85. The van der Waals surface area contributed by atoms with Crippen LogP contribution in [0.15, 0.2) is 30.7 Å². The largest absolute Gasteiger partial charge is 0.501 e. The lowest BCUT2D eigenvalue weighted by Crippen LogP contribution is -1.94. The summed E-state index contributed by atoms with van der Waals surface area (Å²) in [5.41, 5.74) is 2.16. The van der Waals surface area contributed by atoms with Gasteiger partial charge in [0.1, 0.15) is 0 Å². The van der Waals surface area contributed by atoms with Crippen LogP contribution < -0.4 is 0 Å². The molecule has 0 spiro atoms. The van der Waals surface area contributed by atoms with E-state index in [-0.39, 0.29) is 0 Å². The molecule has 64 valence electrons. The van der Waals surface area contributed by atoms with Crippen molar-refractivity contribution >= 4 is 0 Å². The van der Waals surface area contributed by atoms with Gasteiger partial charge in [-0.1, -0.05) is 12.6 Å². The molecule has 2 nitrogen and oxygen atoms in total. The molecule has 0 N–H and O–H groups in total. The summed E-state index contributed by atoms with van der Waals surface area (Å²) in [5, 5.41) is 0. The molecule has 2 heteroatoms. The van der Waals surface area contributed by atoms with Gasteiger partial charge in [-0.3, -0.25) is 4.98 Å². The zero-order chi connectivity index (χ0) is 8.97. The van der Waals surface area contributed by atoms with E-state index in [4.69, 9.17) is 4.74 Å². The smallest absolute Gasteiger partial charge is 0.0943 e. The summed E-state index contributed by atoms with van der Waals surface area (Å²) in [4.78, 5) is 4.23. The van der Waals surface area contributed by atoms with E-state index in [0.29, 0.717) is 6.42 Å². The highest BCUT2D eigenvalue weighted by Crippen LogP contribution is 2.04. The number of nitrogens with zero attached hydrogens (tertiary/aromatic N) is 1. The van der Waals surface area contributed by atoms with E-state index in [1.54, 1.807) is 7.11 Å². The normalized spacial score (nSPS) is 9.50. The van der Waals surface area contributed by atoms with Gasteiger partial charge in [-0.05, 0) is 18.6 Å². The molecule has 0 saturated carbocycles. The quantitative estimate of drug-likeness (QED) is 0.636. The number of aryl methyl sites for hydroxylation is 1. The van der Waals surface area contributed by atoms with Crippen LogP contribution >= 0.6 is 0 Å². The lowest BCUT2D eigenvalue weighted by atomic mass is 10.2. The Hall–Kier alpha value is -1.31. The second-order valence-corrected chi connectivity index (χ2v) is 2.75.